The van der Waals surface area contributed by atoms with Gasteiger partial charge < -0.3 is 4.74 Å². The number of benzene rings is 2. The van der Waals surface area contributed by atoms with Crippen molar-refractivity contribution in [3.8, 4) is 11.1 Å². The van der Waals surface area contributed by atoms with Crippen molar-refractivity contribution in [3.63, 3.8) is 0 Å². The summed E-state index contributed by atoms with van der Waals surface area (Å²) < 4.78 is 4.86. The monoisotopic (exact) mass is 352 g/mol. The summed E-state index contributed by atoms with van der Waals surface area (Å²) in [7, 11) is 0. The van der Waals surface area contributed by atoms with E-state index in [4.69, 9.17) is 4.74 Å². The number of esters is 2. The fraction of sp³-hybridized carbons (Fsp3) is 0.391. The first kappa shape index (κ1) is 19.9. The molecule has 2 aromatic carbocycles. The molecule has 0 saturated carbocycles. The third-order valence-electron chi connectivity index (χ3n) is 4.39. The van der Waals surface area contributed by atoms with E-state index in [9.17, 15) is 9.59 Å². The summed E-state index contributed by atoms with van der Waals surface area (Å²) in [5.41, 5.74) is 3.73. The molecule has 0 unspecified atom stereocenters. The van der Waals surface area contributed by atoms with Crippen molar-refractivity contribution < 1.29 is 14.3 Å². The first-order valence-corrected chi connectivity index (χ1v) is 9.57. The van der Waals surface area contributed by atoms with E-state index in [1.54, 1.807) is 0 Å². The third kappa shape index (κ3) is 6.83. The topological polar surface area (TPSA) is 43.4 Å². The van der Waals surface area contributed by atoms with Gasteiger partial charge in [-0.2, -0.15) is 0 Å². The van der Waals surface area contributed by atoms with Crippen molar-refractivity contribution in [2.45, 2.75) is 58.3 Å². The van der Waals surface area contributed by atoms with Gasteiger partial charge in [0.2, 0.25) is 0 Å². The number of unbranched alkanes of at least 4 members (excludes halogenated alkanes) is 3. The molecule has 0 aliphatic heterocycles. The van der Waals surface area contributed by atoms with Crippen LogP contribution in [0.2, 0.25) is 0 Å². The second-order valence-electron chi connectivity index (χ2n) is 6.53. The minimum absolute atomic E-state index is 0.299. The van der Waals surface area contributed by atoms with E-state index in [0.29, 0.717) is 12.8 Å². The van der Waals surface area contributed by atoms with Gasteiger partial charge in [-0.25, -0.2) is 0 Å². The Morgan fingerprint density at radius 2 is 1.38 bits per heavy atom. The van der Waals surface area contributed by atoms with Crippen molar-refractivity contribution in [1.29, 1.82) is 0 Å². The van der Waals surface area contributed by atoms with Crippen LogP contribution in [-0.2, 0) is 20.7 Å². The van der Waals surface area contributed by atoms with Crippen molar-refractivity contribution >= 4 is 11.9 Å². The largest absolute Gasteiger partial charge is 0.393 e. The maximum absolute atomic E-state index is 11.7. The Morgan fingerprint density at radius 1 is 0.769 bits per heavy atom. The zero-order valence-electron chi connectivity index (χ0n) is 15.6. The molecule has 0 N–H and O–H groups in total. The molecule has 0 spiro atoms. The van der Waals surface area contributed by atoms with Crippen LogP contribution < -0.4 is 0 Å². The van der Waals surface area contributed by atoms with Gasteiger partial charge in [0.25, 0.3) is 0 Å². The second-order valence-corrected chi connectivity index (χ2v) is 6.53. The van der Waals surface area contributed by atoms with Crippen LogP contribution in [-0.4, -0.2) is 11.9 Å². The summed E-state index contributed by atoms with van der Waals surface area (Å²) in [4.78, 5) is 23.3. The quantitative estimate of drug-likeness (QED) is 0.312. The first-order valence-electron chi connectivity index (χ1n) is 9.57. The van der Waals surface area contributed by atoms with Gasteiger partial charge in [0, 0.05) is 12.8 Å². The number of carbonyl (C=O) groups excluding carboxylic acids is 2. The number of rotatable bonds is 10. The van der Waals surface area contributed by atoms with Crippen LogP contribution in [0.15, 0.2) is 54.6 Å². The number of carbonyl (C=O) groups is 2. The molecule has 0 aromatic heterocycles. The van der Waals surface area contributed by atoms with Gasteiger partial charge >= 0.3 is 11.9 Å². The fourth-order valence-electron chi connectivity index (χ4n) is 2.97. The average Bonchev–Trinajstić information content (AvgIpc) is 2.66. The van der Waals surface area contributed by atoms with Gasteiger partial charge in [-0.05, 0) is 42.4 Å². The van der Waals surface area contributed by atoms with Crippen LogP contribution in [0.3, 0.4) is 0 Å². The van der Waals surface area contributed by atoms with E-state index in [-0.39, 0.29) is 0 Å². The molecule has 3 heteroatoms. The molecular formula is C23H28O3. The molecule has 0 atom stereocenters. The lowest BCUT2D eigenvalue weighted by Crippen LogP contribution is -2.11. The van der Waals surface area contributed by atoms with Crippen LogP contribution in [0.1, 0.15) is 57.4 Å². The molecular weight excluding hydrogens is 324 g/mol. The molecule has 0 bridgehead atoms. The van der Waals surface area contributed by atoms with Crippen molar-refractivity contribution in [1.82, 2.24) is 0 Å². The summed E-state index contributed by atoms with van der Waals surface area (Å²) in [6, 6.07) is 18.7. The third-order valence-corrected chi connectivity index (χ3v) is 4.39. The molecule has 0 aliphatic carbocycles. The fourth-order valence-corrected chi connectivity index (χ4v) is 2.97. The molecule has 3 nitrogen and oxygen atoms in total. The predicted octanol–water partition coefficient (Wildman–Crippen LogP) is 5.72. The Bertz CT molecular complexity index is 692. The molecule has 0 amide bonds. The summed E-state index contributed by atoms with van der Waals surface area (Å²) in [6.07, 6.45) is 5.99. The van der Waals surface area contributed by atoms with E-state index in [1.807, 2.05) is 30.3 Å². The maximum Gasteiger partial charge on any atom is 0.313 e. The molecule has 0 aliphatic rings. The highest BCUT2D eigenvalue weighted by Crippen LogP contribution is 2.24. The first-order chi connectivity index (χ1) is 12.7. The number of aryl methyl sites for hydroxylation is 1. The molecule has 2 aromatic rings. The Morgan fingerprint density at radius 3 is 2.08 bits per heavy atom. The van der Waals surface area contributed by atoms with Crippen LogP contribution in [0.5, 0.6) is 0 Å². The van der Waals surface area contributed by atoms with Crippen LogP contribution >= 0.6 is 0 Å². The molecule has 0 fully saturated rings. The van der Waals surface area contributed by atoms with Crippen molar-refractivity contribution in [3.05, 3.63) is 60.2 Å². The van der Waals surface area contributed by atoms with Crippen molar-refractivity contribution in [2.24, 2.45) is 0 Å². The van der Waals surface area contributed by atoms with Crippen LogP contribution in [0.25, 0.3) is 11.1 Å². The Kier molecular flexibility index (Phi) is 8.61. The number of hydrogen-bond acceptors (Lipinski definition) is 3. The smallest absolute Gasteiger partial charge is 0.313 e. The molecule has 2 rings (SSSR count). The van der Waals surface area contributed by atoms with Gasteiger partial charge in [-0.3, -0.25) is 9.59 Å². The lowest BCUT2D eigenvalue weighted by Gasteiger charge is -2.09. The maximum atomic E-state index is 11.7. The van der Waals surface area contributed by atoms with E-state index in [1.165, 1.54) is 16.7 Å². The van der Waals surface area contributed by atoms with Gasteiger partial charge in [0.15, 0.2) is 0 Å². The van der Waals surface area contributed by atoms with Crippen LogP contribution in [0.4, 0.5) is 0 Å². The summed E-state index contributed by atoms with van der Waals surface area (Å²) in [5.74, 6) is -0.791. The normalized spacial score (nSPS) is 10.5. The zero-order chi connectivity index (χ0) is 18.6. The second kappa shape index (κ2) is 11.2. The van der Waals surface area contributed by atoms with Gasteiger partial charge in [0.1, 0.15) is 0 Å². The molecule has 138 valence electrons. The van der Waals surface area contributed by atoms with E-state index >= 15 is 0 Å². The molecule has 0 heterocycles. The highest BCUT2D eigenvalue weighted by Gasteiger charge is 2.10. The minimum Gasteiger partial charge on any atom is -0.393 e. The summed E-state index contributed by atoms with van der Waals surface area (Å²) >= 11 is 0. The summed E-state index contributed by atoms with van der Waals surface area (Å²) in [5, 5.41) is 0. The SMILES string of the molecule is CCCCCC(=O)OC(=O)CCCCc1ccccc1-c1ccccc1. The van der Waals surface area contributed by atoms with Crippen molar-refractivity contribution in [2.75, 3.05) is 0 Å². The van der Waals surface area contributed by atoms with Gasteiger partial charge in [0.05, 0.1) is 0 Å². The molecule has 0 radical (unpaired) electrons. The number of ether oxygens (including phenoxy) is 1. The van der Waals surface area contributed by atoms with Crippen LogP contribution in [0, 0.1) is 0 Å². The lowest BCUT2D eigenvalue weighted by molar-refractivity contribution is -0.159. The van der Waals surface area contributed by atoms with E-state index in [2.05, 4.69) is 31.2 Å². The Balaban J connectivity index is 1.75. The highest BCUT2D eigenvalue weighted by atomic mass is 16.6. The minimum atomic E-state index is -0.400. The Hall–Kier alpha value is -2.42. The summed E-state index contributed by atoms with van der Waals surface area (Å²) in [6.45, 7) is 2.08. The average molecular weight is 352 g/mol. The van der Waals surface area contributed by atoms with E-state index in [0.717, 1.165) is 38.5 Å². The standard InChI is InChI=1S/C23H28O3/c1-2-3-5-17-22(24)26-23(25)18-11-9-15-20-14-8-10-16-21(20)19-12-6-4-7-13-19/h4,6-8,10,12-14,16H,2-3,5,9,11,15,17-18H2,1H3. The highest BCUT2D eigenvalue weighted by molar-refractivity contribution is 5.85. The van der Waals surface area contributed by atoms with Gasteiger partial charge in [-0.1, -0.05) is 74.4 Å². The lowest BCUT2D eigenvalue weighted by atomic mass is 9.96. The van der Waals surface area contributed by atoms with E-state index < -0.39 is 11.9 Å². The number of hydrogen-bond donors (Lipinski definition) is 0. The Labute approximate surface area is 156 Å². The molecule has 0 saturated heterocycles. The predicted molar refractivity (Wildman–Crippen MR) is 105 cm³/mol. The van der Waals surface area contributed by atoms with Gasteiger partial charge in [-0.15, -0.1) is 0 Å². The molecule has 26 heavy (non-hydrogen) atoms. The zero-order valence-corrected chi connectivity index (χ0v) is 15.6.